The van der Waals surface area contributed by atoms with E-state index in [-0.39, 0.29) is 48.0 Å². The van der Waals surface area contributed by atoms with Crippen molar-refractivity contribution in [1.29, 1.82) is 0 Å². The van der Waals surface area contributed by atoms with Gasteiger partial charge in [0.1, 0.15) is 12.1 Å². The van der Waals surface area contributed by atoms with Crippen LogP contribution in [0.2, 0.25) is 0 Å². The zero-order chi connectivity index (χ0) is 25.8. The lowest BCUT2D eigenvalue weighted by atomic mass is 9.81. The Labute approximate surface area is 268 Å². The lowest BCUT2D eigenvalue weighted by Crippen LogP contribution is -3.00. The third-order valence-corrected chi connectivity index (χ3v) is 9.79. The molecule has 4 rings (SSSR count). The van der Waals surface area contributed by atoms with Crippen molar-refractivity contribution >= 4 is 0 Å². The molecule has 218 valence electrons. The van der Waals surface area contributed by atoms with E-state index in [1.54, 1.807) is 22.3 Å². The molecule has 6 heteroatoms. The highest BCUT2D eigenvalue weighted by Gasteiger charge is 2.38. The largest absolute Gasteiger partial charge is 1.00 e. The fourth-order valence-corrected chi connectivity index (χ4v) is 7.40. The van der Waals surface area contributed by atoms with Gasteiger partial charge in [-0.25, -0.2) is 0 Å². The molecule has 2 aliphatic heterocycles. The van der Waals surface area contributed by atoms with Crippen molar-refractivity contribution in [2.24, 2.45) is 0 Å². The van der Waals surface area contributed by atoms with Gasteiger partial charge in [-0.05, 0) is 85.8 Å². The van der Waals surface area contributed by atoms with Crippen LogP contribution in [0.25, 0.3) is 0 Å². The van der Waals surface area contributed by atoms with E-state index in [1.807, 2.05) is 14.2 Å². The quantitative estimate of drug-likeness (QED) is 0.179. The number of rotatable bonds is 11. The van der Waals surface area contributed by atoms with Crippen molar-refractivity contribution < 1.29 is 66.4 Å². The first kappa shape index (κ1) is 34.5. The van der Waals surface area contributed by atoms with E-state index in [0.29, 0.717) is 24.3 Å². The molecule has 0 fully saturated rings. The van der Waals surface area contributed by atoms with Crippen LogP contribution >= 0.6 is 0 Å². The normalized spacial score (nSPS) is 29.3. The third kappa shape index (κ3) is 8.40. The number of likely N-dealkylation sites (N-methyl/N-ethyl adjacent to an activating group) is 2. The monoisotopic (exact) mass is 752 g/mol. The zero-order valence-electron chi connectivity index (χ0n) is 25.0. The minimum absolute atomic E-state index is 0. The van der Waals surface area contributed by atoms with Gasteiger partial charge < -0.3 is 57.4 Å². The number of ether oxygens (including phenoxy) is 2. The van der Waals surface area contributed by atoms with Gasteiger partial charge in [0.2, 0.25) is 0 Å². The van der Waals surface area contributed by atoms with E-state index in [2.05, 4.69) is 52.7 Å². The number of hydrogen-bond donors (Lipinski definition) is 0. The second kappa shape index (κ2) is 15.5. The van der Waals surface area contributed by atoms with Crippen LogP contribution in [0.5, 0.6) is 0 Å². The van der Waals surface area contributed by atoms with Gasteiger partial charge in [-0.1, -0.05) is 25.7 Å². The lowest BCUT2D eigenvalue weighted by Gasteiger charge is -2.42. The van der Waals surface area contributed by atoms with Gasteiger partial charge in [-0.3, -0.25) is 8.97 Å². The van der Waals surface area contributed by atoms with Crippen molar-refractivity contribution in [3.05, 3.63) is 46.8 Å². The van der Waals surface area contributed by atoms with E-state index in [9.17, 15) is 0 Å². The second-order valence-electron chi connectivity index (χ2n) is 12.9. The van der Waals surface area contributed by atoms with Crippen molar-refractivity contribution in [2.75, 3.05) is 42.4 Å². The molecule has 2 aliphatic carbocycles. The molecular formula is C32H54I2N2O2. The summed E-state index contributed by atoms with van der Waals surface area (Å²) in [6.45, 7) is 0. The molecule has 0 saturated carbocycles. The molecule has 0 bridgehead atoms. The molecular weight excluding hydrogens is 698 g/mol. The molecule has 0 spiro atoms. The number of unbranched alkanes of at least 4 members (excludes halogenated alkanes) is 5. The summed E-state index contributed by atoms with van der Waals surface area (Å²) in [4.78, 5) is 0. The number of nitrogens with zero attached hydrogens (tertiary/aromatic N) is 2. The predicted octanol–water partition coefficient (Wildman–Crippen LogP) is 1.05. The Balaban J connectivity index is 0.00000253. The SMILES string of the molecule is COC1CCC2=C(C=C[N+](C)(C)C2CCCCCCCCC2C3=C(C=C[N+]2(C)C)CC(OC)CC3)C1.[I-].[I-]. The third-order valence-electron chi connectivity index (χ3n) is 9.79. The number of halogens is 2. The molecule has 2 heterocycles. The minimum Gasteiger partial charge on any atom is -1.00 e. The molecule has 0 N–H and O–H groups in total. The van der Waals surface area contributed by atoms with E-state index < -0.39 is 0 Å². The van der Waals surface area contributed by atoms with Crippen molar-refractivity contribution in [1.82, 2.24) is 0 Å². The molecule has 0 aromatic heterocycles. The molecule has 38 heavy (non-hydrogen) atoms. The first-order valence-corrected chi connectivity index (χ1v) is 14.8. The van der Waals surface area contributed by atoms with E-state index >= 15 is 0 Å². The smallest absolute Gasteiger partial charge is 0.115 e. The Morgan fingerprint density at radius 2 is 1.00 bits per heavy atom. The number of hydrogen-bond acceptors (Lipinski definition) is 2. The molecule has 4 nitrogen and oxygen atoms in total. The number of allylic oxidation sites excluding steroid dienone is 2. The van der Waals surface area contributed by atoms with E-state index in [4.69, 9.17) is 9.47 Å². The van der Waals surface area contributed by atoms with Crippen LogP contribution in [0.15, 0.2) is 46.8 Å². The van der Waals surface area contributed by atoms with Gasteiger partial charge in [0.05, 0.1) is 52.8 Å². The molecule has 0 aromatic carbocycles. The summed E-state index contributed by atoms with van der Waals surface area (Å²) in [5.41, 5.74) is 6.60. The minimum atomic E-state index is 0. The van der Waals surface area contributed by atoms with Gasteiger partial charge >= 0.3 is 0 Å². The Bertz CT molecular complexity index is 818. The maximum atomic E-state index is 5.67. The Kier molecular flexibility index (Phi) is 14.0. The Morgan fingerprint density at radius 3 is 1.37 bits per heavy atom. The molecule has 4 aliphatic rings. The Hall–Kier alpha value is 0.260. The van der Waals surface area contributed by atoms with Crippen LogP contribution in [-0.4, -0.2) is 75.7 Å². The highest BCUT2D eigenvalue weighted by atomic mass is 127. The first-order valence-electron chi connectivity index (χ1n) is 14.8. The summed E-state index contributed by atoms with van der Waals surface area (Å²) < 4.78 is 13.4. The average molecular weight is 753 g/mol. The van der Waals surface area contributed by atoms with Gasteiger partial charge in [-0.2, -0.15) is 0 Å². The summed E-state index contributed by atoms with van der Waals surface area (Å²) >= 11 is 0. The van der Waals surface area contributed by atoms with Crippen LogP contribution in [0.1, 0.15) is 89.9 Å². The number of methoxy groups -OCH3 is 2. The van der Waals surface area contributed by atoms with Crippen LogP contribution in [0.4, 0.5) is 0 Å². The summed E-state index contributed by atoms with van der Waals surface area (Å²) in [6, 6.07) is 1.33. The van der Waals surface area contributed by atoms with Crippen molar-refractivity contribution in [2.45, 2.75) is 114 Å². The molecule has 0 aromatic rings. The van der Waals surface area contributed by atoms with Gasteiger partial charge in [0.15, 0.2) is 0 Å². The van der Waals surface area contributed by atoms with Gasteiger partial charge in [0.25, 0.3) is 0 Å². The average Bonchev–Trinajstić information content (AvgIpc) is 2.86. The Morgan fingerprint density at radius 1 is 0.632 bits per heavy atom. The number of quaternary nitrogens is 2. The lowest BCUT2D eigenvalue weighted by molar-refractivity contribution is -0.861. The standard InChI is InChI=1S/C32H54N2O2.2HI/c1-33(2)21-19-25-23-27(35-5)15-17-29(25)31(33)13-11-9-7-8-10-12-14-32-30-18-16-28(36-6)24-26(30)20-22-34(32,3)4;;/h19-22,27-28,31-32H,7-18,23-24H2,1-6H3;2*1H/q+2;;/p-2. The summed E-state index contributed by atoms with van der Waals surface area (Å²) in [5, 5.41) is 0. The van der Waals surface area contributed by atoms with Crippen molar-refractivity contribution in [3.8, 4) is 0 Å². The molecule has 4 atom stereocenters. The summed E-state index contributed by atoms with van der Waals surface area (Å²) in [5.74, 6) is 0. The van der Waals surface area contributed by atoms with Crippen LogP contribution in [0.3, 0.4) is 0 Å². The summed E-state index contributed by atoms with van der Waals surface area (Å²) in [6.07, 6.45) is 28.4. The molecule has 0 amide bonds. The van der Waals surface area contributed by atoms with Crippen LogP contribution in [-0.2, 0) is 9.47 Å². The molecule has 0 radical (unpaired) electrons. The second-order valence-corrected chi connectivity index (χ2v) is 12.9. The maximum Gasteiger partial charge on any atom is 0.115 e. The topological polar surface area (TPSA) is 18.5 Å². The van der Waals surface area contributed by atoms with Crippen LogP contribution < -0.4 is 48.0 Å². The molecule has 0 saturated heterocycles. The van der Waals surface area contributed by atoms with Crippen molar-refractivity contribution in [3.63, 3.8) is 0 Å². The zero-order valence-corrected chi connectivity index (χ0v) is 29.3. The maximum absolute atomic E-state index is 5.67. The van der Waals surface area contributed by atoms with Gasteiger partial charge in [-0.15, -0.1) is 0 Å². The van der Waals surface area contributed by atoms with E-state index in [1.165, 1.54) is 77.0 Å². The highest BCUT2D eigenvalue weighted by molar-refractivity contribution is 5.34. The van der Waals surface area contributed by atoms with E-state index in [0.717, 1.165) is 21.8 Å². The van der Waals surface area contributed by atoms with Crippen LogP contribution in [0, 0.1) is 0 Å². The fraction of sp³-hybridized carbons (Fsp3) is 0.750. The molecule has 4 unspecified atom stereocenters. The first-order chi connectivity index (χ1) is 17.2. The fourth-order valence-electron chi connectivity index (χ4n) is 7.40. The highest BCUT2D eigenvalue weighted by Crippen LogP contribution is 2.40. The predicted molar refractivity (Wildman–Crippen MR) is 150 cm³/mol. The summed E-state index contributed by atoms with van der Waals surface area (Å²) in [7, 11) is 13.3. The van der Waals surface area contributed by atoms with Gasteiger partial charge in [0, 0.05) is 27.1 Å².